The van der Waals surface area contributed by atoms with Gasteiger partial charge in [0.15, 0.2) is 0 Å². The number of rotatable bonds is 45. The Morgan fingerprint density at radius 3 is 1.13 bits per heavy atom. The van der Waals surface area contributed by atoms with Crippen LogP contribution in [0.4, 0.5) is 0 Å². The summed E-state index contributed by atoms with van der Waals surface area (Å²) in [6.45, 7) is 4.96. The average molecular weight is 779 g/mol. The van der Waals surface area contributed by atoms with Gasteiger partial charge < -0.3 is 20.9 Å². The minimum atomic E-state index is -1.00. The van der Waals surface area contributed by atoms with Crippen molar-refractivity contribution in [2.24, 2.45) is 5.73 Å². The van der Waals surface area contributed by atoms with Gasteiger partial charge in [0.05, 0.1) is 0 Å². The number of esters is 1. The molecule has 0 aromatic heterocycles. The molecule has 0 aliphatic carbocycles. The van der Waals surface area contributed by atoms with Crippen molar-refractivity contribution in [3.8, 4) is 0 Å². The number of hydrogen-bond acceptors (Lipinski definition) is 5. The Balaban J connectivity index is 3.97. The number of unbranched alkanes of at least 4 members (excludes halogenated alkanes) is 31. The molecule has 0 rings (SSSR count). The summed E-state index contributed by atoms with van der Waals surface area (Å²) in [5, 5.41) is 11.9. The van der Waals surface area contributed by atoms with Crippen molar-refractivity contribution in [1.82, 2.24) is 5.32 Å². The van der Waals surface area contributed by atoms with E-state index in [0.717, 1.165) is 64.2 Å². The zero-order valence-corrected chi connectivity index (χ0v) is 36.8. The highest BCUT2D eigenvalue weighted by molar-refractivity contribution is 5.83. The van der Waals surface area contributed by atoms with Crippen LogP contribution in [0, 0.1) is 0 Å². The number of carbonyl (C=O) groups excluding carboxylic acids is 2. The molecule has 0 aromatic carbocycles. The lowest BCUT2D eigenvalue weighted by Gasteiger charge is -2.18. The number of hydrogen-bond donors (Lipinski definition) is 3. The Hall–Kier alpha value is -1.63. The maximum Gasteiger partial charge on any atom is 0.326 e. The zero-order valence-electron chi connectivity index (χ0n) is 36.8. The molecule has 0 fully saturated rings. The lowest BCUT2D eigenvalue weighted by Crippen LogP contribution is -2.40. The Kier molecular flexibility index (Phi) is 42.2. The molecule has 0 saturated carbocycles. The summed E-state index contributed by atoms with van der Waals surface area (Å²) in [6.07, 6.45) is 47.5. The van der Waals surface area contributed by atoms with E-state index in [1.165, 1.54) is 167 Å². The highest BCUT2D eigenvalue weighted by Crippen LogP contribution is 2.19. The second kappa shape index (κ2) is 43.5. The van der Waals surface area contributed by atoms with Gasteiger partial charge in [0.1, 0.15) is 12.1 Å². The number of carboxylic acid groups (broad SMARTS) is 1. The van der Waals surface area contributed by atoms with Crippen LogP contribution in [0.2, 0.25) is 0 Å². The number of ether oxygens (including phenoxy) is 1. The molecule has 55 heavy (non-hydrogen) atoms. The molecule has 326 valence electrons. The van der Waals surface area contributed by atoms with Crippen LogP contribution in [0.25, 0.3) is 0 Å². The molecule has 0 bridgehead atoms. The van der Waals surface area contributed by atoms with Gasteiger partial charge in [-0.25, -0.2) is 4.79 Å². The molecular formula is C48H94N2O5. The Labute approximate surface area is 341 Å². The van der Waals surface area contributed by atoms with Gasteiger partial charge in [0.2, 0.25) is 5.91 Å². The first-order chi connectivity index (χ1) is 26.9. The van der Waals surface area contributed by atoms with Crippen molar-refractivity contribution >= 4 is 17.8 Å². The highest BCUT2D eigenvalue weighted by atomic mass is 16.5. The first-order valence-corrected chi connectivity index (χ1v) is 24.4. The van der Waals surface area contributed by atoms with Crippen molar-refractivity contribution in [3.63, 3.8) is 0 Å². The smallest absolute Gasteiger partial charge is 0.326 e. The summed E-state index contributed by atoms with van der Waals surface area (Å²) in [6, 6.07) is -0.852. The lowest BCUT2D eigenvalue weighted by molar-refractivity contribution is -0.150. The first kappa shape index (κ1) is 53.4. The van der Waals surface area contributed by atoms with Gasteiger partial charge in [-0.3, -0.25) is 9.59 Å². The normalized spacial score (nSPS) is 12.5. The predicted octanol–water partition coefficient (Wildman–Crippen LogP) is 14.1. The summed E-state index contributed by atoms with van der Waals surface area (Å²) < 4.78 is 6.04. The fourth-order valence-corrected chi connectivity index (χ4v) is 7.75. The van der Waals surface area contributed by atoms with Gasteiger partial charge in [0, 0.05) is 12.8 Å². The standard InChI is InChI=1S/C48H94N2O5/c1-3-5-7-9-11-12-13-14-15-16-17-18-19-20-21-22-23-24-25-27-32-36-42-47(52)55-44(38-33-29-26-10-8-6-4-2)39-34-30-28-31-35-41-46(51)50-45(48(53)54)40-37-43-49/h44-45H,3-43,49H2,1-2H3,(H,50,51)(H,53,54). The third kappa shape index (κ3) is 40.4. The van der Waals surface area contributed by atoms with Gasteiger partial charge in [-0.1, -0.05) is 206 Å². The van der Waals surface area contributed by atoms with Gasteiger partial charge in [-0.2, -0.15) is 0 Å². The summed E-state index contributed by atoms with van der Waals surface area (Å²) in [7, 11) is 0. The van der Waals surface area contributed by atoms with Gasteiger partial charge in [0.25, 0.3) is 0 Å². The molecular weight excluding hydrogens is 685 g/mol. The minimum Gasteiger partial charge on any atom is -0.480 e. The number of amides is 1. The molecule has 4 N–H and O–H groups in total. The van der Waals surface area contributed by atoms with E-state index in [1.54, 1.807) is 0 Å². The van der Waals surface area contributed by atoms with E-state index in [0.29, 0.717) is 32.2 Å². The summed E-state index contributed by atoms with van der Waals surface area (Å²) >= 11 is 0. The lowest BCUT2D eigenvalue weighted by atomic mass is 10.0. The van der Waals surface area contributed by atoms with Crippen LogP contribution >= 0.6 is 0 Å². The van der Waals surface area contributed by atoms with Crippen LogP contribution in [0.1, 0.15) is 271 Å². The van der Waals surface area contributed by atoms with Crippen LogP contribution in [0.5, 0.6) is 0 Å². The molecule has 0 radical (unpaired) electrons. The molecule has 7 nitrogen and oxygen atoms in total. The number of nitrogens with one attached hydrogen (secondary N) is 1. The van der Waals surface area contributed by atoms with Crippen molar-refractivity contribution < 1.29 is 24.2 Å². The number of aliphatic carboxylic acids is 1. The molecule has 2 unspecified atom stereocenters. The SMILES string of the molecule is CCCCCCCCCCCCCCCCCCCCCCCCC(=O)OC(CCCCCCCCC)CCCCCCCC(=O)NC(CCCN)C(=O)O. The summed E-state index contributed by atoms with van der Waals surface area (Å²) in [5.41, 5.74) is 5.48. The van der Waals surface area contributed by atoms with Crippen molar-refractivity contribution in [2.75, 3.05) is 6.54 Å². The van der Waals surface area contributed by atoms with Crippen molar-refractivity contribution in [2.45, 2.75) is 283 Å². The predicted molar refractivity (Wildman–Crippen MR) is 235 cm³/mol. The zero-order chi connectivity index (χ0) is 40.3. The van der Waals surface area contributed by atoms with E-state index in [-0.39, 0.29) is 18.0 Å². The first-order valence-electron chi connectivity index (χ1n) is 24.4. The van der Waals surface area contributed by atoms with Crippen LogP contribution in [0.15, 0.2) is 0 Å². The largest absolute Gasteiger partial charge is 0.480 e. The van der Waals surface area contributed by atoms with E-state index in [4.69, 9.17) is 10.5 Å². The third-order valence-electron chi connectivity index (χ3n) is 11.4. The Morgan fingerprint density at radius 1 is 0.455 bits per heavy atom. The van der Waals surface area contributed by atoms with E-state index in [2.05, 4.69) is 19.2 Å². The van der Waals surface area contributed by atoms with Crippen molar-refractivity contribution in [1.29, 1.82) is 0 Å². The Bertz CT molecular complexity index is 837. The maximum absolute atomic E-state index is 12.8. The second-order valence-corrected chi connectivity index (χ2v) is 16.9. The molecule has 0 heterocycles. The summed E-state index contributed by atoms with van der Waals surface area (Å²) in [4.78, 5) is 36.3. The molecule has 0 spiro atoms. The second-order valence-electron chi connectivity index (χ2n) is 16.9. The molecule has 0 aromatic rings. The number of nitrogens with two attached hydrogens (primary N) is 1. The highest BCUT2D eigenvalue weighted by Gasteiger charge is 2.19. The molecule has 0 aliphatic rings. The van der Waals surface area contributed by atoms with E-state index in [9.17, 15) is 19.5 Å². The quantitative estimate of drug-likeness (QED) is 0.0418. The van der Waals surface area contributed by atoms with Gasteiger partial charge in [-0.05, 0) is 57.9 Å². The van der Waals surface area contributed by atoms with Crippen LogP contribution < -0.4 is 11.1 Å². The van der Waals surface area contributed by atoms with Crippen LogP contribution in [0.3, 0.4) is 0 Å². The fraction of sp³-hybridized carbons (Fsp3) is 0.938. The third-order valence-corrected chi connectivity index (χ3v) is 11.4. The number of carbonyl (C=O) groups is 3. The maximum atomic E-state index is 12.8. The molecule has 2 atom stereocenters. The Morgan fingerprint density at radius 2 is 0.782 bits per heavy atom. The molecule has 1 amide bonds. The van der Waals surface area contributed by atoms with Crippen molar-refractivity contribution in [3.05, 3.63) is 0 Å². The van der Waals surface area contributed by atoms with Gasteiger partial charge >= 0.3 is 11.9 Å². The van der Waals surface area contributed by atoms with E-state index >= 15 is 0 Å². The van der Waals surface area contributed by atoms with Gasteiger partial charge in [-0.15, -0.1) is 0 Å². The molecule has 7 heteroatoms. The van der Waals surface area contributed by atoms with E-state index in [1.807, 2.05) is 0 Å². The monoisotopic (exact) mass is 779 g/mol. The van der Waals surface area contributed by atoms with E-state index < -0.39 is 12.0 Å². The molecule has 0 aliphatic heterocycles. The molecule has 0 saturated heterocycles. The average Bonchev–Trinajstić information content (AvgIpc) is 3.17. The minimum absolute atomic E-state index is 0.0155. The topological polar surface area (TPSA) is 119 Å². The number of carboxylic acids is 1. The summed E-state index contributed by atoms with van der Waals surface area (Å²) in [5.74, 6) is -1.21. The fourth-order valence-electron chi connectivity index (χ4n) is 7.75. The van der Waals surface area contributed by atoms with Crippen LogP contribution in [-0.4, -0.2) is 41.6 Å². The van der Waals surface area contributed by atoms with Crippen LogP contribution in [-0.2, 0) is 19.1 Å².